The van der Waals surface area contributed by atoms with Crippen molar-refractivity contribution in [1.29, 1.82) is 0 Å². The Morgan fingerprint density at radius 2 is 2.18 bits per heavy atom. The van der Waals surface area contributed by atoms with Crippen LogP contribution in [0.15, 0.2) is 29.8 Å². The van der Waals surface area contributed by atoms with E-state index < -0.39 is 0 Å². The second kappa shape index (κ2) is 5.10. The highest BCUT2D eigenvalue weighted by Crippen LogP contribution is 2.47. The van der Waals surface area contributed by atoms with Crippen LogP contribution >= 0.6 is 0 Å². The molecule has 3 nitrogen and oxygen atoms in total. The molecule has 2 aromatic rings. The monoisotopic (exact) mass is 294 g/mol. The van der Waals surface area contributed by atoms with E-state index in [1.807, 2.05) is 0 Å². The Morgan fingerprint density at radius 1 is 1.32 bits per heavy atom. The van der Waals surface area contributed by atoms with Crippen molar-refractivity contribution < 1.29 is 5.11 Å². The van der Waals surface area contributed by atoms with E-state index in [2.05, 4.69) is 31.2 Å². The number of aromatic nitrogens is 1. The van der Waals surface area contributed by atoms with E-state index in [1.54, 1.807) is 0 Å². The Kier molecular flexibility index (Phi) is 3.19. The van der Waals surface area contributed by atoms with Gasteiger partial charge in [0.05, 0.1) is 5.52 Å². The lowest BCUT2D eigenvalue weighted by Gasteiger charge is -2.36. The van der Waals surface area contributed by atoms with Crippen LogP contribution < -0.4 is 5.73 Å². The van der Waals surface area contributed by atoms with Crippen molar-refractivity contribution in [3.63, 3.8) is 0 Å². The third kappa shape index (κ3) is 2.12. The lowest BCUT2D eigenvalue weighted by atomic mass is 9.70. The summed E-state index contributed by atoms with van der Waals surface area (Å²) >= 11 is 0. The molecule has 3 heteroatoms. The van der Waals surface area contributed by atoms with Gasteiger partial charge >= 0.3 is 0 Å². The summed E-state index contributed by atoms with van der Waals surface area (Å²) in [5.41, 5.74) is 13.6. The van der Waals surface area contributed by atoms with Gasteiger partial charge in [0.2, 0.25) is 0 Å². The Bertz CT molecular complexity index is 779. The molecule has 1 aromatic heterocycles. The van der Waals surface area contributed by atoms with Gasteiger partial charge in [-0.3, -0.25) is 4.98 Å². The molecule has 0 saturated heterocycles. The molecular formula is C19H22N2O. The van der Waals surface area contributed by atoms with Gasteiger partial charge in [0.15, 0.2) is 0 Å². The number of allylic oxidation sites excluding steroid dienone is 1. The molecule has 0 saturated carbocycles. The molecule has 3 N–H and O–H groups in total. The summed E-state index contributed by atoms with van der Waals surface area (Å²) in [6.07, 6.45) is 6.34. The van der Waals surface area contributed by atoms with E-state index in [4.69, 9.17) is 10.7 Å². The number of anilines is 1. The summed E-state index contributed by atoms with van der Waals surface area (Å²) in [6, 6.07) is 6.34. The molecule has 1 heterocycles. The highest BCUT2D eigenvalue weighted by atomic mass is 16.2. The molecule has 22 heavy (non-hydrogen) atoms. The van der Waals surface area contributed by atoms with Crippen molar-refractivity contribution >= 4 is 16.6 Å². The molecule has 4 rings (SSSR count). The number of aliphatic hydroxyl groups is 1. The van der Waals surface area contributed by atoms with Gasteiger partial charge in [-0.15, -0.1) is 0 Å². The highest BCUT2D eigenvalue weighted by molar-refractivity contribution is 5.93. The summed E-state index contributed by atoms with van der Waals surface area (Å²) in [5, 5.41) is 10.3. The molecule has 0 amide bonds. The lowest BCUT2D eigenvalue weighted by molar-refractivity contribution is 0.293. The first-order valence-electron chi connectivity index (χ1n) is 8.14. The molecule has 1 aromatic carbocycles. The van der Waals surface area contributed by atoms with Crippen molar-refractivity contribution in [2.24, 2.45) is 5.92 Å². The SMILES string of the molecule is Cc1ccc2c(N)c3c(nc2c1)CC1C=C(CCO)CC3C1. The summed E-state index contributed by atoms with van der Waals surface area (Å²) in [7, 11) is 0. The average molecular weight is 294 g/mol. The van der Waals surface area contributed by atoms with Gasteiger partial charge in [-0.1, -0.05) is 23.8 Å². The maximum absolute atomic E-state index is 9.22. The van der Waals surface area contributed by atoms with E-state index in [9.17, 15) is 5.11 Å². The summed E-state index contributed by atoms with van der Waals surface area (Å²) in [5.74, 6) is 1.03. The van der Waals surface area contributed by atoms with E-state index in [0.717, 1.165) is 35.9 Å². The van der Waals surface area contributed by atoms with Gasteiger partial charge in [-0.05, 0) is 56.1 Å². The highest BCUT2D eigenvalue weighted by Gasteiger charge is 2.33. The topological polar surface area (TPSA) is 59.1 Å². The first-order chi connectivity index (χ1) is 10.7. The van der Waals surface area contributed by atoms with Crippen molar-refractivity contribution in [2.75, 3.05) is 12.3 Å². The molecule has 2 aliphatic rings. The van der Waals surface area contributed by atoms with Gasteiger partial charge in [0, 0.05) is 28.9 Å². The number of nitrogens with two attached hydrogens (primary N) is 1. The number of benzene rings is 1. The number of aliphatic hydroxyl groups excluding tert-OH is 1. The molecule has 2 unspecified atom stereocenters. The minimum absolute atomic E-state index is 0.239. The molecule has 0 fully saturated rings. The largest absolute Gasteiger partial charge is 0.398 e. The first kappa shape index (κ1) is 13.8. The maximum atomic E-state index is 9.22. The predicted octanol–water partition coefficient (Wildman–Crippen LogP) is 3.48. The van der Waals surface area contributed by atoms with Gasteiger partial charge in [0.1, 0.15) is 0 Å². The predicted molar refractivity (Wildman–Crippen MR) is 89.8 cm³/mol. The summed E-state index contributed by atoms with van der Waals surface area (Å²) in [4.78, 5) is 4.93. The van der Waals surface area contributed by atoms with Crippen LogP contribution in [-0.4, -0.2) is 16.7 Å². The molecule has 0 radical (unpaired) electrons. The Labute approximate surface area is 130 Å². The van der Waals surface area contributed by atoms with Crippen LogP contribution in [0.3, 0.4) is 0 Å². The lowest BCUT2D eigenvalue weighted by Crippen LogP contribution is -2.24. The second-order valence-electron chi connectivity index (χ2n) is 6.81. The quantitative estimate of drug-likeness (QED) is 0.834. The van der Waals surface area contributed by atoms with Crippen LogP contribution in [-0.2, 0) is 6.42 Å². The second-order valence-corrected chi connectivity index (χ2v) is 6.81. The summed E-state index contributed by atoms with van der Waals surface area (Å²) < 4.78 is 0. The van der Waals surface area contributed by atoms with E-state index >= 15 is 0 Å². The number of hydrogen-bond donors (Lipinski definition) is 2. The van der Waals surface area contributed by atoms with E-state index in [1.165, 1.54) is 28.8 Å². The number of rotatable bonds is 2. The Morgan fingerprint density at radius 3 is 3.00 bits per heavy atom. The Balaban J connectivity index is 1.85. The average Bonchev–Trinajstić information content (AvgIpc) is 2.46. The fourth-order valence-corrected chi connectivity index (χ4v) is 4.25. The molecule has 114 valence electrons. The fraction of sp³-hybridized carbons (Fsp3) is 0.421. The van der Waals surface area contributed by atoms with Crippen LogP contribution in [0.5, 0.6) is 0 Å². The van der Waals surface area contributed by atoms with Crippen LogP contribution in [0, 0.1) is 12.8 Å². The number of pyridine rings is 1. The molecule has 0 aliphatic heterocycles. The number of nitrogens with zero attached hydrogens (tertiary/aromatic N) is 1. The number of nitrogen functional groups attached to an aromatic ring is 1. The molecular weight excluding hydrogens is 272 g/mol. The fourth-order valence-electron chi connectivity index (χ4n) is 4.25. The standard InChI is InChI=1S/C19H22N2O/c1-11-2-3-15-16(6-11)21-17-10-13-7-12(4-5-22)8-14(9-13)18(17)19(15)20/h2-3,6-7,13-14,22H,4-5,8-10H2,1H3,(H2,20,21). The number of aryl methyl sites for hydroxylation is 1. The zero-order chi connectivity index (χ0) is 15.3. The van der Waals surface area contributed by atoms with Crippen LogP contribution in [0.4, 0.5) is 5.69 Å². The number of fused-ring (bicyclic) bond motifs is 5. The molecule has 2 bridgehead atoms. The minimum Gasteiger partial charge on any atom is -0.398 e. The smallest absolute Gasteiger partial charge is 0.0728 e. The van der Waals surface area contributed by atoms with Gasteiger partial charge in [-0.2, -0.15) is 0 Å². The van der Waals surface area contributed by atoms with Crippen molar-refractivity contribution in [1.82, 2.24) is 4.98 Å². The minimum atomic E-state index is 0.239. The van der Waals surface area contributed by atoms with Gasteiger partial charge in [0.25, 0.3) is 0 Å². The van der Waals surface area contributed by atoms with Crippen molar-refractivity contribution in [3.8, 4) is 0 Å². The molecule has 2 atom stereocenters. The van der Waals surface area contributed by atoms with Crippen molar-refractivity contribution in [3.05, 3.63) is 46.7 Å². The van der Waals surface area contributed by atoms with Gasteiger partial charge < -0.3 is 10.8 Å². The van der Waals surface area contributed by atoms with E-state index in [0.29, 0.717) is 11.8 Å². The van der Waals surface area contributed by atoms with Gasteiger partial charge in [-0.25, -0.2) is 0 Å². The third-order valence-corrected chi connectivity index (χ3v) is 5.16. The zero-order valence-electron chi connectivity index (χ0n) is 13.0. The van der Waals surface area contributed by atoms with Crippen LogP contribution in [0.2, 0.25) is 0 Å². The summed E-state index contributed by atoms with van der Waals surface area (Å²) in [6.45, 7) is 2.33. The van der Waals surface area contributed by atoms with Crippen LogP contribution in [0.25, 0.3) is 10.9 Å². The Hall–Kier alpha value is -1.87. The van der Waals surface area contributed by atoms with E-state index in [-0.39, 0.29) is 6.61 Å². The molecule has 0 spiro atoms. The molecule has 2 aliphatic carbocycles. The first-order valence-corrected chi connectivity index (χ1v) is 8.14. The van der Waals surface area contributed by atoms with Crippen LogP contribution in [0.1, 0.15) is 42.0 Å². The van der Waals surface area contributed by atoms with Crippen molar-refractivity contribution in [2.45, 2.75) is 38.5 Å². The normalized spacial score (nSPS) is 23.3. The number of hydrogen-bond acceptors (Lipinski definition) is 3. The maximum Gasteiger partial charge on any atom is 0.0728 e. The zero-order valence-corrected chi connectivity index (χ0v) is 13.0. The third-order valence-electron chi connectivity index (χ3n) is 5.16.